The van der Waals surface area contributed by atoms with Crippen molar-refractivity contribution in [3.63, 3.8) is 0 Å². The molecule has 3 N–H and O–H groups in total. The Balaban J connectivity index is 3.31. The molecule has 1 amide bonds. The Morgan fingerprint density at radius 1 is 0.312 bits per heavy atom. The first-order valence-electron chi connectivity index (χ1n) is 35.8. The van der Waals surface area contributed by atoms with Gasteiger partial charge in [-0.15, -0.1) is 0 Å². The highest BCUT2D eigenvalue weighted by molar-refractivity contribution is 5.76. The lowest BCUT2D eigenvalue weighted by Crippen LogP contribution is -2.45. The van der Waals surface area contributed by atoms with E-state index < -0.39 is 12.1 Å². The van der Waals surface area contributed by atoms with Crippen LogP contribution in [0.25, 0.3) is 0 Å². The fraction of sp³-hybridized carbons (Fsp3) is 0.972. The van der Waals surface area contributed by atoms with Gasteiger partial charge in [-0.25, -0.2) is 0 Å². The van der Waals surface area contributed by atoms with Gasteiger partial charge in [0.1, 0.15) is 0 Å². The molecule has 0 aromatic carbocycles. The third-order valence-electron chi connectivity index (χ3n) is 17.2. The van der Waals surface area contributed by atoms with Crippen molar-refractivity contribution in [2.45, 2.75) is 431 Å². The number of rotatable bonds is 68. The van der Waals surface area contributed by atoms with E-state index in [1.54, 1.807) is 0 Å². The average molecular weight is 1090 g/mol. The predicted molar refractivity (Wildman–Crippen MR) is 338 cm³/mol. The van der Waals surface area contributed by atoms with Crippen LogP contribution in [0.3, 0.4) is 0 Å². The summed E-state index contributed by atoms with van der Waals surface area (Å²) in [5.74, 6) is -0.00323. The van der Waals surface area contributed by atoms with Crippen molar-refractivity contribution in [2.24, 2.45) is 0 Å². The number of ether oxygens (including phenoxy) is 1. The Bertz CT molecular complexity index is 1120. The van der Waals surface area contributed by atoms with Gasteiger partial charge in [-0.2, -0.15) is 0 Å². The van der Waals surface area contributed by atoms with Gasteiger partial charge in [0.25, 0.3) is 0 Å². The first kappa shape index (κ1) is 75.9. The standard InChI is InChI=1S/C71H141NO5/c1-3-5-7-9-11-13-15-17-18-37-40-43-47-51-55-59-63-69(74)68(67-73)72-70(75)64-60-56-52-48-44-41-38-35-33-31-29-27-25-23-21-19-20-22-24-26-28-30-32-34-36-39-42-46-50-54-58-62-66-77-71(76)65-61-57-53-49-45-16-14-12-10-8-6-4-2/h68-69,73-74H,3-67H2,1-2H3,(H,72,75). The summed E-state index contributed by atoms with van der Waals surface area (Å²) < 4.78 is 5.49. The monoisotopic (exact) mass is 1090 g/mol. The lowest BCUT2D eigenvalue weighted by atomic mass is 10.0. The molecule has 2 atom stereocenters. The molecule has 0 saturated heterocycles. The first-order chi connectivity index (χ1) is 38.0. The SMILES string of the molecule is CCCCCCCCCCCCCCCCCCC(O)C(CO)NC(=O)CCCCCCCCCCCCCCCCCCCCCCCCCCCCCCCCCCOC(=O)CCCCCCCCCCCCCC. The van der Waals surface area contributed by atoms with Gasteiger partial charge in [0.15, 0.2) is 0 Å². The maximum absolute atomic E-state index is 12.5. The molecule has 0 aliphatic heterocycles. The van der Waals surface area contributed by atoms with Crippen LogP contribution in [0.2, 0.25) is 0 Å². The maximum atomic E-state index is 12.5. The number of carbonyl (C=O) groups is 2. The molecule has 6 nitrogen and oxygen atoms in total. The van der Waals surface area contributed by atoms with Crippen molar-refractivity contribution in [3.05, 3.63) is 0 Å². The minimum Gasteiger partial charge on any atom is -0.466 e. The lowest BCUT2D eigenvalue weighted by Gasteiger charge is -2.22. The molecule has 2 unspecified atom stereocenters. The van der Waals surface area contributed by atoms with E-state index in [0.717, 1.165) is 38.5 Å². The number of aliphatic hydroxyl groups excluding tert-OH is 2. The molecule has 0 heterocycles. The number of amides is 1. The summed E-state index contributed by atoms with van der Waals surface area (Å²) in [6.07, 6.45) is 81.6. The predicted octanol–water partition coefficient (Wildman–Crippen LogP) is 23.0. The van der Waals surface area contributed by atoms with Crippen LogP contribution < -0.4 is 5.32 Å². The second kappa shape index (κ2) is 67.4. The highest BCUT2D eigenvalue weighted by Crippen LogP contribution is 2.20. The topological polar surface area (TPSA) is 95.9 Å². The van der Waals surface area contributed by atoms with Gasteiger partial charge in [-0.05, 0) is 25.7 Å². The molecule has 77 heavy (non-hydrogen) atoms. The quantitative estimate of drug-likeness (QED) is 0.0417. The fourth-order valence-electron chi connectivity index (χ4n) is 11.7. The second-order valence-corrected chi connectivity index (χ2v) is 24.9. The van der Waals surface area contributed by atoms with Crippen molar-refractivity contribution < 1.29 is 24.5 Å². The second-order valence-electron chi connectivity index (χ2n) is 24.9. The Hall–Kier alpha value is -1.14. The zero-order valence-corrected chi connectivity index (χ0v) is 52.7. The highest BCUT2D eigenvalue weighted by Gasteiger charge is 2.20. The van der Waals surface area contributed by atoms with Crippen molar-refractivity contribution in [2.75, 3.05) is 13.2 Å². The molecule has 460 valence electrons. The van der Waals surface area contributed by atoms with E-state index >= 15 is 0 Å². The molecule has 0 saturated carbocycles. The number of aliphatic hydroxyl groups is 2. The Labute approximate surface area is 483 Å². The van der Waals surface area contributed by atoms with E-state index in [4.69, 9.17) is 4.74 Å². The van der Waals surface area contributed by atoms with Crippen LogP contribution in [-0.4, -0.2) is 47.4 Å². The third kappa shape index (κ3) is 63.9. The number of nitrogens with one attached hydrogen (secondary N) is 1. The van der Waals surface area contributed by atoms with Crippen LogP contribution in [-0.2, 0) is 14.3 Å². The van der Waals surface area contributed by atoms with Gasteiger partial charge in [0.2, 0.25) is 5.91 Å². The minimum absolute atomic E-state index is 0.0230. The molecule has 0 aliphatic rings. The summed E-state index contributed by atoms with van der Waals surface area (Å²) in [7, 11) is 0. The largest absolute Gasteiger partial charge is 0.466 e. The van der Waals surface area contributed by atoms with Crippen molar-refractivity contribution in [1.29, 1.82) is 0 Å². The van der Waals surface area contributed by atoms with Crippen LogP contribution in [0.5, 0.6) is 0 Å². The molecule has 0 aromatic heterocycles. The van der Waals surface area contributed by atoms with E-state index in [0.29, 0.717) is 25.9 Å². The summed E-state index contributed by atoms with van der Waals surface area (Å²) in [6.45, 7) is 5.00. The fourth-order valence-corrected chi connectivity index (χ4v) is 11.7. The minimum atomic E-state index is -0.660. The van der Waals surface area contributed by atoms with Gasteiger partial charge >= 0.3 is 5.97 Å². The molecule has 0 radical (unpaired) electrons. The molecule has 0 fully saturated rings. The molecular weight excluding hydrogens is 947 g/mol. The smallest absolute Gasteiger partial charge is 0.305 e. The van der Waals surface area contributed by atoms with Gasteiger partial charge in [0, 0.05) is 12.8 Å². The van der Waals surface area contributed by atoms with Gasteiger partial charge in [-0.3, -0.25) is 9.59 Å². The van der Waals surface area contributed by atoms with Crippen molar-refractivity contribution in [3.8, 4) is 0 Å². The van der Waals surface area contributed by atoms with E-state index in [1.165, 1.54) is 347 Å². The summed E-state index contributed by atoms with van der Waals surface area (Å²) in [6, 6.07) is -0.537. The van der Waals surface area contributed by atoms with Gasteiger partial charge < -0.3 is 20.3 Å². The number of carbonyl (C=O) groups excluding carboxylic acids is 2. The third-order valence-corrected chi connectivity index (χ3v) is 17.2. The van der Waals surface area contributed by atoms with E-state index in [9.17, 15) is 19.8 Å². The number of unbranched alkanes of at least 4 members (excludes halogenated alkanes) is 57. The van der Waals surface area contributed by atoms with Crippen LogP contribution in [0.1, 0.15) is 418 Å². The molecule has 6 heteroatoms. The molecule has 0 bridgehead atoms. The van der Waals surface area contributed by atoms with Gasteiger partial charge in [0.05, 0.1) is 25.4 Å². The summed E-state index contributed by atoms with van der Waals surface area (Å²) in [5.41, 5.74) is 0. The molecule has 0 spiro atoms. The molecule has 0 aliphatic carbocycles. The molecule has 0 aromatic rings. The van der Waals surface area contributed by atoms with Crippen LogP contribution >= 0.6 is 0 Å². The Kier molecular flexibility index (Phi) is 66.4. The van der Waals surface area contributed by atoms with Crippen molar-refractivity contribution >= 4 is 11.9 Å². The molecule has 0 rings (SSSR count). The number of hydrogen-bond acceptors (Lipinski definition) is 5. The van der Waals surface area contributed by atoms with Gasteiger partial charge in [-0.1, -0.05) is 380 Å². The average Bonchev–Trinajstić information content (AvgIpc) is 3.43. The van der Waals surface area contributed by atoms with E-state index in [1.807, 2.05) is 0 Å². The normalized spacial score (nSPS) is 12.4. The summed E-state index contributed by atoms with van der Waals surface area (Å²) >= 11 is 0. The zero-order chi connectivity index (χ0) is 55.7. The number of esters is 1. The van der Waals surface area contributed by atoms with E-state index in [2.05, 4.69) is 19.2 Å². The Morgan fingerprint density at radius 2 is 0.532 bits per heavy atom. The van der Waals surface area contributed by atoms with Crippen LogP contribution in [0.4, 0.5) is 0 Å². The zero-order valence-electron chi connectivity index (χ0n) is 52.7. The van der Waals surface area contributed by atoms with Crippen molar-refractivity contribution in [1.82, 2.24) is 5.32 Å². The van der Waals surface area contributed by atoms with Crippen LogP contribution in [0, 0.1) is 0 Å². The highest BCUT2D eigenvalue weighted by atomic mass is 16.5. The van der Waals surface area contributed by atoms with E-state index in [-0.39, 0.29) is 18.5 Å². The maximum Gasteiger partial charge on any atom is 0.305 e. The summed E-state index contributed by atoms with van der Waals surface area (Å²) in [4.78, 5) is 24.5. The lowest BCUT2D eigenvalue weighted by molar-refractivity contribution is -0.143. The van der Waals surface area contributed by atoms with Crippen LogP contribution in [0.15, 0.2) is 0 Å². The Morgan fingerprint density at radius 3 is 0.792 bits per heavy atom. The number of hydrogen-bond donors (Lipinski definition) is 3. The summed E-state index contributed by atoms with van der Waals surface area (Å²) in [5, 5.41) is 23.4. The first-order valence-corrected chi connectivity index (χ1v) is 35.8. The molecular formula is C71H141NO5.